The lowest BCUT2D eigenvalue weighted by Crippen LogP contribution is -2.52. The molecule has 2 aromatic carbocycles. The molecule has 3 unspecified atom stereocenters. The smallest absolute Gasteiger partial charge is 0.203 e. The van der Waals surface area contributed by atoms with Crippen LogP contribution >= 0.6 is 0 Å². The first-order valence-electron chi connectivity index (χ1n) is 13.6. The SMILES string of the molecule is COc1ccc(CC(C)CC(Cc2ccc(OC)c(OC)c2OC)C(O)[C@@H](O)[C@@H](O)[C@H](O)[C@@H](O)CO)c(OC)c1OC. The second kappa shape index (κ2) is 16.6. The fraction of sp³-hybridized carbons (Fsp3) is 0.600. The van der Waals surface area contributed by atoms with Crippen molar-refractivity contribution in [3.8, 4) is 34.5 Å². The molecule has 7 atom stereocenters. The largest absolute Gasteiger partial charge is 0.493 e. The van der Waals surface area contributed by atoms with Gasteiger partial charge < -0.3 is 59.1 Å². The summed E-state index contributed by atoms with van der Waals surface area (Å²) in [5, 5.41) is 61.9. The lowest BCUT2D eigenvalue weighted by molar-refractivity contribution is -0.149. The summed E-state index contributed by atoms with van der Waals surface area (Å²) in [5.41, 5.74) is 1.48. The van der Waals surface area contributed by atoms with Crippen LogP contribution in [0, 0.1) is 11.8 Å². The number of hydrogen-bond donors (Lipinski definition) is 6. The van der Waals surface area contributed by atoms with Crippen LogP contribution in [0.2, 0.25) is 0 Å². The summed E-state index contributed by atoms with van der Waals surface area (Å²) in [6, 6.07) is 7.10. The Labute approximate surface area is 247 Å². The molecule has 0 fully saturated rings. The molecule has 0 aliphatic heterocycles. The highest BCUT2D eigenvalue weighted by Crippen LogP contribution is 2.43. The Morgan fingerprint density at radius 1 is 0.548 bits per heavy atom. The molecule has 2 aromatic rings. The minimum absolute atomic E-state index is 0.0971. The van der Waals surface area contributed by atoms with Crippen LogP contribution in [0.5, 0.6) is 34.5 Å². The van der Waals surface area contributed by atoms with E-state index in [1.54, 1.807) is 18.2 Å². The highest BCUT2D eigenvalue weighted by molar-refractivity contribution is 5.56. The van der Waals surface area contributed by atoms with E-state index in [4.69, 9.17) is 28.4 Å². The van der Waals surface area contributed by atoms with E-state index < -0.39 is 43.0 Å². The molecule has 0 spiro atoms. The van der Waals surface area contributed by atoms with E-state index in [2.05, 4.69) is 0 Å². The number of hydrogen-bond acceptors (Lipinski definition) is 12. The molecule has 0 amide bonds. The molecule has 12 heteroatoms. The molecule has 0 heterocycles. The lowest BCUT2D eigenvalue weighted by atomic mass is 9.80. The van der Waals surface area contributed by atoms with Gasteiger partial charge in [0.15, 0.2) is 23.0 Å². The average molecular weight is 599 g/mol. The highest BCUT2D eigenvalue weighted by atomic mass is 16.5. The normalized spacial score (nSPS) is 16.4. The summed E-state index contributed by atoms with van der Waals surface area (Å²) < 4.78 is 33.0. The molecule has 12 nitrogen and oxygen atoms in total. The van der Waals surface area contributed by atoms with E-state index in [0.717, 1.165) is 5.56 Å². The van der Waals surface area contributed by atoms with Gasteiger partial charge in [0, 0.05) is 0 Å². The molecule has 0 bridgehead atoms. The van der Waals surface area contributed by atoms with Crippen LogP contribution in [-0.2, 0) is 12.8 Å². The van der Waals surface area contributed by atoms with E-state index in [1.165, 1.54) is 42.7 Å². The van der Waals surface area contributed by atoms with Crippen LogP contribution in [0.3, 0.4) is 0 Å². The Balaban J connectivity index is 2.46. The highest BCUT2D eigenvalue weighted by Gasteiger charge is 2.38. The van der Waals surface area contributed by atoms with Gasteiger partial charge in [0.1, 0.15) is 24.4 Å². The Morgan fingerprint density at radius 2 is 0.976 bits per heavy atom. The van der Waals surface area contributed by atoms with Crippen molar-refractivity contribution >= 4 is 0 Å². The van der Waals surface area contributed by atoms with Crippen LogP contribution < -0.4 is 28.4 Å². The number of ether oxygens (including phenoxy) is 6. The van der Waals surface area contributed by atoms with Gasteiger partial charge in [0.25, 0.3) is 0 Å². The van der Waals surface area contributed by atoms with Gasteiger partial charge in [-0.25, -0.2) is 0 Å². The van der Waals surface area contributed by atoms with Gasteiger partial charge in [-0.2, -0.15) is 0 Å². The molecule has 0 aliphatic carbocycles. The molecule has 0 aliphatic rings. The van der Waals surface area contributed by atoms with Crippen molar-refractivity contribution < 1.29 is 59.1 Å². The molecule has 6 N–H and O–H groups in total. The topological polar surface area (TPSA) is 177 Å². The van der Waals surface area contributed by atoms with Crippen molar-refractivity contribution in [2.75, 3.05) is 49.3 Å². The summed E-state index contributed by atoms with van der Waals surface area (Å²) in [6.07, 6.45) is -7.89. The van der Waals surface area contributed by atoms with Crippen molar-refractivity contribution in [1.29, 1.82) is 0 Å². The third-order valence-electron chi connectivity index (χ3n) is 7.44. The van der Waals surface area contributed by atoms with E-state index in [-0.39, 0.29) is 12.3 Å². The van der Waals surface area contributed by atoms with Crippen LogP contribution in [0.1, 0.15) is 24.5 Å². The second-order valence-electron chi connectivity index (χ2n) is 10.2. The molecule has 0 radical (unpaired) electrons. The number of rotatable bonds is 18. The third kappa shape index (κ3) is 8.09. The van der Waals surface area contributed by atoms with Crippen LogP contribution in [-0.4, -0.2) is 110 Å². The Bertz CT molecular complexity index is 1110. The number of aliphatic hydroxyl groups is 6. The van der Waals surface area contributed by atoms with Crippen molar-refractivity contribution in [2.45, 2.75) is 56.7 Å². The summed E-state index contributed by atoms with van der Waals surface area (Å²) in [4.78, 5) is 0. The molecular formula is C30H46O12. The number of methoxy groups -OCH3 is 6. The zero-order valence-electron chi connectivity index (χ0n) is 25.3. The predicted molar refractivity (Wildman–Crippen MR) is 154 cm³/mol. The summed E-state index contributed by atoms with van der Waals surface area (Å²) >= 11 is 0. The van der Waals surface area contributed by atoms with Gasteiger partial charge in [-0.05, 0) is 54.4 Å². The molecule has 238 valence electrons. The standard InChI is InChI=1S/C30H46O12/c1-16(12-17-8-10-21(37-2)29(41-6)27(17)39-4)13-19(23(33)25(35)26(36)24(34)20(32)15-31)14-18-9-11-22(38-3)30(42-7)28(18)40-5/h8-11,16,19-20,23-26,31-36H,12-15H2,1-7H3/t16?,19?,20-,23?,24+,25+,26-/m0/s1. The monoisotopic (exact) mass is 598 g/mol. The molecule has 2 rings (SSSR count). The first-order valence-corrected chi connectivity index (χ1v) is 13.6. The quantitative estimate of drug-likeness (QED) is 0.144. The van der Waals surface area contributed by atoms with Crippen LogP contribution in [0.15, 0.2) is 24.3 Å². The fourth-order valence-corrected chi connectivity index (χ4v) is 5.27. The minimum atomic E-state index is -1.93. The Kier molecular flexibility index (Phi) is 13.9. The van der Waals surface area contributed by atoms with Crippen molar-refractivity contribution in [2.24, 2.45) is 11.8 Å². The summed E-state index contributed by atoms with van der Waals surface area (Å²) in [6.45, 7) is 1.13. The average Bonchev–Trinajstić information content (AvgIpc) is 3.01. The Hall–Kier alpha value is -3.00. The molecular weight excluding hydrogens is 552 g/mol. The van der Waals surface area contributed by atoms with Gasteiger partial charge in [0.2, 0.25) is 11.5 Å². The van der Waals surface area contributed by atoms with Gasteiger partial charge in [-0.15, -0.1) is 0 Å². The first kappa shape index (κ1) is 35.2. The molecule has 0 saturated carbocycles. The van der Waals surface area contributed by atoms with Crippen molar-refractivity contribution in [3.05, 3.63) is 35.4 Å². The van der Waals surface area contributed by atoms with Crippen molar-refractivity contribution in [3.63, 3.8) is 0 Å². The van der Waals surface area contributed by atoms with E-state index in [1.807, 2.05) is 13.0 Å². The van der Waals surface area contributed by atoms with Crippen molar-refractivity contribution in [1.82, 2.24) is 0 Å². The van der Waals surface area contributed by atoms with Crippen LogP contribution in [0.4, 0.5) is 0 Å². The zero-order valence-corrected chi connectivity index (χ0v) is 25.3. The fourth-order valence-electron chi connectivity index (χ4n) is 5.27. The maximum atomic E-state index is 11.3. The predicted octanol–water partition coefficient (Wildman–Crippen LogP) is 0.963. The van der Waals surface area contributed by atoms with Gasteiger partial charge in [-0.3, -0.25) is 0 Å². The maximum absolute atomic E-state index is 11.3. The molecule has 0 saturated heterocycles. The number of aliphatic hydroxyl groups excluding tert-OH is 6. The van der Waals surface area contributed by atoms with E-state index in [0.29, 0.717) is 52.9 Å². The molecule has 42 heavy (non-hydrogen) atoms. The lowest BCUT2D eigenvalue weighted by Gasteiger charge is -2.34. The number of benzene rings is 2. The third-order valence-corrected chi connectivity index (χ3v) is 7.44. The summed E-state index contributed by atoms with van der Waals surface area (Å²) in [7, 11) is 9.03. The van der Waals surface area contributed by atoms with E-state index >= 15 is 0 Å². The van der Waals surface area contributed by atoms with Gasteiger partial charge >= 0.3 is 0 Å². The second-order valence-corrected chi connectivity index (χ2v) is 10.2. The van der Waals surface area contributed by atoms with Crippen LogP contribution in [0.25, 0.3) is 0 Å². The summed E-state index contributed by atoms with van der Waals surface area (Å²) in [5.74, 6) is 1.89. The van der Waals surface area contributed by atoms with Gasteiger partial charge in [-0.1, -0.05) is 19.1 Å². The molecule has 0 aromatic heterocycles. The van der Waals surface area contributed by atoms with Gasteiger partial charge in [0.05, 0.1) is 55.4 Å². The Morgan fingerprint density at radius 3 is 1.38 bits per heavy atom. The zero-order chi connectivity index (χ0) is 31.6. The van der Waals surface area contributed by atoms with E-state index in [9.17, 15) is 30.6 Å². The maximum Gasteiger partial charge on any atom is 0.203 e. The minimum Gasteiger partial charge on any atom is -0.493 e. The first-order chi connectivity index (χ1) is 20.0.